The molecule has 0 aliphatic rings. The number of para-hydroxylation sites is 1. The molecule has 0 unspecified atom stereocenters. The molecule has 0 fully saturated rings. The monoisotopic (exact) mass is 444 g/mol. The summed E-state index contributed by atoms with van der Waals surface area (Å²) in [5, 5.41) is 0.382. The first-order valence-electron chi connectivity index (χ1n) is 8.84. The van der Waals surface area contributed by atoms with Gasteiger partial charge in [-0.2, -0.15) is 3.97 Å². The number of halogens is 1. The Balaban J connectivity index is 2.05. The second kappa shape index (κ2) is 7.55. The number of methoxy groups -OCH3 is 2. The summed E-state index contributed by atoms with van der Waals surface area (Å²) < 4.78 is 39.5. The van der Waals surface area contributed by atoms with E-state index in [2.05, 4.69) is 0 Å². The summed E-state index contributed by atoms with van der Waals surface area (Å²) in [5.74, 6) is 0.615. The van der Waals surface area contributed by atoms with Crippen LogP contribution in [0, 0.1) is 0 Å². The van der Waals surface area contributed by atoms with Crippen LogP contribution in [0.1, 0.15) is 0 Å². The van der Waals surface area contributed by atoms with Gasteiger partial charge in [0.15, 0.2) is 11.5 Å². The molecule has 7 nitrogen and oxygen atoms in total. The first-order chi connectivity index (χ1) is 14.4. The Hall–Kier alpha value is -3.23. The first kappa shape index (κ1) is 20.1. The Kier molecular flexibility index (Phi) is 5.05. The molecule has 0 saturated carbocycles. The van der Waals surface area contributed by atoms with Gasteiger partial charge >= 0.3 is 5.69 Å². The van der Waals surface area contributed by atoms with Gasteiger partial charge in [0.1, 0.15) is 0 Å². The molecular formula is C21H17ClN2O5S. The van der Waals surface area contributed by atoms with Crippen LogP contribution in [0.3, 0.4) is 0 Å². The van der Waals surface area contributed by atoms with Gasteiger partial charge in [-0.05, 0) is 42.5 Å². The molecule has 30 heavy (non-hydrogen) atoms. The SMILES string of the molecule is COc1ccc(S(=O)(=O)n2c(=O)n(-c3ccccc3)c3cc(Cl)ccc32)cc1OC. The average Bonchev–Trinajstić information content (AvgIpc) is 3.05. The van der Waals surface area contributed by atoms with E-state index in [9.17, 15) is 13.2 Å². The van der Waals surface area contributed by atoms with Crippen LogP contribution in [0.25, 0.3) is 16.7 Å². The maximum atomic E-state index is 13.5. The van der Waals surface area contributed by atoms with Crippen molar-refractivity contribution in [1.29, 1.82) is 0 Å². The molecule has 0 spiro atoms. The van der Waals surface area contributed by atoms with Crippen LogP contribution in [-0.2, 0) is 10.0 Å². The molecular weight excluding hydrogens is 428 g/mol. The molecule has 4 aromatic rings. The lowest BCUT2D eigenvalue weighted by molar-refractivity contribution is 0.354. The van der Waals surface area contributed by atoms with Gasteiger partial charge in [0.25, 0.3) is 10.0 Å². The predicted molar refractivity (Wildman–Crippen MR) is 115 cm³/mol. The van der Waals surface area contributed by atoms with Crippen LogP contribution in [0.15, 0.2) is 76.4 Å². The molecule has 3 aromatic carbocycles. The molecule has 154 valence electrons. The smallest absolute Gasteiger partial charge is 0.347 e. The van der Waals surface area contributed by atoms with Crippen molar-refractivity contribution in [3.63, 3.8) is 0 Å². The van der Waals surface area contributed by atoms with Gasteiger partial charge in [0.05, 0.1) is 35.8 Å². The number of benzene rings is 3. The third-order valence-electron chi connectivity index (χ3n) is 4.67. The molecule has 0 radical (unpaired) electrons. The van der Waals surface area contributed by atoms with Crippen LogP contribution >= 0.6 is 11.6 Å². The molecule has 0 bridgehead atoms. The second-order valence-corrected chi connectivity index (χ2v) is 8.60. The fraction of sp³-hybridized carbons (Fsp3) is 0.0952. The maximum Gasteiger partial charge on any atom is 0.347 e. The first-order valence-corrected chi connectivity index (χ1v) is 10.7. The third kappa shape index (κ3) is 3.14. The minimum Gasteiger partial charge on any atom is -0.493 e. The normalized spacial score (nSPS) is 11.6. The van der Waals surface area contributed by atoms with Gasteiger partial charge in [-0.25, -0.2) is 13.2 Å². The minimum absolute atomic E-state index is 0.107. The number of nitrogens with zero attached hydrogens (tertiary/aromatic N) is 2. The Labute approximate surface area is 177 Å². The molecule has 9 heteroatoms. The number of hydrogen-bond donors (Lipinski definition) is 0. The maximum absolute atomic E-state index is 13.5. The van der Waals surface area contributed by atoms with Gasteiger partial charge in [0, 0.05) is 11.1 Å². The summed E-state index contributed by atoms with van der Waals surface area (Å²) in [4.78, 5) is 13.2. The fourth-order valence-corrected chi connectivity index (χ4v) is 4.86. The van der Waals surface area contributed by atoms with E-state index in [1.54, 1.807) is 42.5 Å². The molecule has 0 saturated heterocycles. The predicted octanol–water partition coefficient (Wildman–Crippen LogP) is 3.70. The highest BCUT2D eigenvalue weighted by Gasteiger charge is 2.27. The molecule has 0 aliphatic heterocycles. The van der Waals surface area contributed by atoms with Gasteiger partial charge in [-0.3, -0.25) is 4.57 Å². The zero-order chi connectivity index (χ0) is 21.5. The van der Waals surface area contributed by atoms with E-state index in [1.807, 2.05) is 0 Å². The quantitative estimate of drug-likeness (QED) is 0.469. The van der Waals surface area contributed by atoms with Crippen molar-refractivity contribution < 1.29 is 17.9 Å². The van der Waals surface area contributed by atoms with Crippen LogP contribution in [-0.4, -0.2) is 31.2 Å². The highest BCUT2D eigenvalue weighted by molar-refractivity contribution is 7.90. The van der Waals surface area contributed by atoms with Gasteiger partial charge < -0.3 is 9.47 Å². The molecule has 1 heterocycles. The largest absolute Gasteiger partial charge is 0.493 e. The average molecular weight is 445 g/mol. The number of imidazole rings is 1. The number of ether oxygens (including phenoxy) is 2. The molecule has 0 aliphatic carbocycles. The lowest BCUT2D eigenvalue weighted by atomic mass is 10.3. The molecule has 1 aromatic heterocycles. The fourth-order valence-electron chi connectivity index (χ4n) is 3.29. The number of fused-ring (bicyclic) bond motifs is 1. The van der Waals surface area contributed by atoms with Gasteiger partial charge in [0.2, 0.25) is 0 Å². The lowest BCUT2D eigenvalue weighted by Gasteiger charge is -2.10. The molecule has 0 atom stereocenters. The zero-order valence-corrected chi connectivity index (χ0v) is 17.6. The van der Waals surface area contributed by atoms with Crippen LogP contribution in [0.5, 0.6) is 11.5 Å². The van der Waals surface area contributed by atoms with Crippen molar-refractivity contribution in [1.82, 2.24) is 8.54 Å². The molecule has 0 amide bonds. The van der Waals surface area contributed by atoms with Crippen molar-refractivity contribution in [2.24, 2.45) is 0 Å². The van der Waals surface area contributed by atoms with E-state index >= 15 is 0 Å². The van der Waals surface area contributed by atoms with E-state index in [4.69, 9.17) is 21.1 Å². The standard InChI is InChI=1S/C21H17ClN2O5S/c1-28-19-11-9-16(13-20(19)29-2)30(26,27)24-17-10-8-14(22)12-18(17)23(21(24)25)15-6-4-3-5-7-15/h3-13H,1-2H3. The highest BCUT2D eigenvalue weighted by Crippen LogP contribution is 2.31. The van der Waals surface area contributed by atoms with E-state index < -0.39 is 15.7 Å². The summed E-state index contributed by atoms with van der Waals surface area (Å²) in [7, 11) is -1.39. The number of rotatable bonds is 5. The van der Waals surface area contributed by atoms with Crippen molar-refractivity contribution in [2.45, 2.75) is 4.90 Å². The van der Waals surface area contributed by atoms with Crippen LogP contribution in [0.2, 0.25) is 5.02 Å². The number of hydrogen-bond acceptors (Lipinski definition) is 5. The Morgan fingerprint density at radius 2 is 1.53 bits per heavy atom. The van der Waals surface area contributed by atoms with E-state index in [0.717, 1.165) is 3.97 Å². The Morgan fingerprint density at radius 1 is 0.833 bits per heavy atom. The van der Waals surface area contributed by atoms with Crippen LogP contribution < -0.4 is 15.2 Å². The zero-order valence-electron chi connectivity index (χ0n) is 16.1. The summed E-state index contributed by atoms with van der Waals surface area (Å²) >= 11 is 6.14. The van der Waals surface area contributed by atoms with Crippen molar-refractivity contribution in [3.8, 4) is 17.2 Å². The molecule has 4 rings (SSSR count). The Morgan fingerprint density at radius 3 is 2.20 bits per heavy atom. The third-order valence-corrected chi connectivity index (χ3v) is 6.59. The second-order valence-electron chi connectivity index (χ2n) is 6.37. The van der Waals surface area contributed by atoms with Crippen LogP contribution in [0.4, 0.5) is 0 Å². The van der Waals surface area contributed by atoms with Crippen molar-refractivity contribution >= 4 is 32.7 Å². The van der Waals surface area contributed by atoms with Crippen molar-refractivity contribution in [2.75, 3.05) is 14.2 Å². The summed E-state index contributed by atoms with van der Waals surface area (Å²) in [6, 6.07) is 17.5. The van der Waals surface area contributed by atoms with E-state index in [0.29, 0.717) is 22.0 Å². The summed E-state index contributed by atoms with van der Waals surface area (Å²) in [6.45, 7) is 0. The Bertz CT molecular complexity index is 1410. The molecule has 0 N–H and O–H groups in total. The van der Waals surface area contributed by atoms with Crippen molar-refractivity contribution in [3.05, 3.63) is 82.2 Å². The summed E-state index contributed by atoms with van der Waals surface area (Å²) in [5.41, 5.74) is 0.384. The van der Waals surface area contributed by atoms with E-state index in [-0.39, 0.29) is 16.2 Å². The van der Waals surface area contributed by atoms with Gasteiger partial charge in [-0.15, -0.1) is 0 Å². The summed E-state index contributed by atoms with van der Waals surface area (Å²) in [6.07, 6.45) is 0. The highest BCUT2D eigenvalue weighted by atomic mass is 35.5. The lowest BCUT2D eigenvalue weighted by Crippen LogP contribution is -2.29. The van der Waals surface area contributed by atoms with E-state index in [1.165, 1.54) is 43.1 Å². The number of aromatic nitrogens is 2. The van der Waals surface area contributed by atoms with Gasteiger partial charge in [-0.1, -0.05) is 29.8 Å². The topological polar surface area (TPSA) is 79.5 Å². The minimum atomic E-state index is -4.25.